The van der Waals surface area contributed by atoms with Crippen molar-refractivity contribution in [3.63, 3.8) is 0 Å². The molecule has 1 saturated heterocycles. The van der Waals surface area contributed by atoms with Crippen LogP contribution in [0.15, 0.2) is 60.7 Å². The molecular weight excluding hydrogens is 422 g/mol. The average Bonchev–Trinajstić information content (AvgIpc) is 3.26. The maximum atomic E-state index is 13.1. The summed E-state index contributed by atoms with van der Waals surface area (Å²) in [6.07, 6.45) is 0. The first-order chi connectivity index (χ1) is 15.4. The first-order valence-electron chi connectivity index (χ1n) is 10.5. The molecule has 2 heterocycles. The molecule has 6 nitrogen and oxygen atoms in total. The topological polar surface area (TPSA) is 69.7 Å². The second-order valence-corrected chi connectivity index (χ2v) is 9.13. The number of amides is 3. The maximum absolute atomic E-state index is 13.1. The highest BCUT2D eigenvalue weighted by Crippen LogP contribution is 2.21. The largest absolute Gasteiger partial charge is 0.335 e. The Labute approximate surface area is 191 Å². The van der Waals surface area contributed by atoms with Crippen LogP contribution >= 0.6 is 11.3 Å². The molecule has 0 atom stereocenters. The Morgan fingerprint density at radius 1 is 0.781 bits per heavy atom. The number of nitrogens with zero attached hydrogens (tertiary/aromatic N) is 2. The summed E-state index contributed by atoms with van der Waals surface area (Å²) in [6.45, 7) is 5.85. The van der Waals surface area contributed by atoms with Crippen LogP contribution in [0.2, 0.25) is 0 Å². The summed E-state index contributed by atoms with van der Waals surface area (Å²) < 4.78 is 0. The van der Waals surface area contributed by atoms with Crippen molar-refractivity contribution < 1.29 is 14.4 Å². The van der Waals surface area contributed by atoms with Crippen LogP contribution in [0.5, 0.6) is 0 Å². The summed E-state index contributed by atoms with van der Waals surface area (Å²) in [5, 5.41) is 2.91. The van der Waals surface area contributed by atoms with E-state index in [2.05, 4.69) is 5.32 Å². The molecule has 32 heavy (non-hydrogen) atoms. The van der Waals surface area contributed by atoms with Crippen LogP contribution in [0.25, 0.3) is 0 Å². The van der Waals surface area contributed by atoms with Crippen molar-refractivity contribution in [2.24, 2.45) is 0 Å². The zero-order valence-corrected chi connectivity index (χ0v) is 18.9. The Hall–Kier alpha value is -3.45. The van der Waals surface area contributed by atoms with Crippen molar-refractivity contribution in [3.05, 3.63) is 87.1 Å². The number of piperazine rings is 1. The molecule has 0 bridgehead atoms. The lowest BCUT2D eigenvalue weighted by Gasteiger charge is -2.34. The van der Waals surface area contributed by atoms with Gasteiger partial charge in [0, 0.05) is 47.9 Å². The van der Waals surface area contributed by atoms with E-state index in [1.807, 2.05) is 50.2 Å². The molecule has 0 saturated carbocycles. The van der Waals surface area contributed by atoms with Crippen molar-refractivity contribution in [2.45, 2.75) is 13.8 Å². The van der Waals surface area contributed by atoms with Gasteiger partial charge in [0.05, 0.1) is 4.88 Å². The lowest BCUT2D eigenvalue weighted by molar-refractivity contribution is 0.0538. The molecule has 0 spiro atoms. The summed E-state index contributed by atoms with van der Waals surface area (Å²) in [4.78, 5) is 43.7. The number of carbonyl (C=O) groups is 3. The molecule has 1 N–H and O–H groups in total. The van der Waals surface area contributed by atoms with E-state index in [1.54, 1.807) is 34.1 Å². The third-order valence-electron chi connectivity index (χ3n) is 5.57. The van der Waals surface area contributed by atoms with Crippen molar-refractivity contribution >= 4 is 34.7 Å². The van der Waals surface area contributed by atoms with E-state index in [-0.39, 0.29) is 17.7 Å². The normalized spacial score (nSPS) is 13.7. The summed E-state index contributed by atoms with van der Waals surface area (Å²) in [5.41, 5.74) is 2.58. The third-order valence-corrected chi connectivity index (χ3v) is 6.56. The van der Waals surface area contributed by atoms with Gasteiger partial charge >= 0.3 is 0 Å². The van der Waals surface area contributed by atoms with Crippen LogP contribution in [-0.2, 0) is 0 Å². The van der Waals surface area contributed by atoms with Gasteiger partial charge in [0.2, 0.25) is 0 Å². The molecule has 0 aliphatic carbocycles. The van der Waals surface area contributed by atoms with Gasteiger partial charge < -0.3 is 15.1 Å². The van der Waals surface area contributed by atoms with Gasteiger partial charge in [-0.1, -0.05) is 24.3 Å². The molecule has 164 valence electrons. The number of carbonyl (C=O) groups excluding carboxylic acids is 3. The number of hydrogen-bond donors (Lipinski definition) is 1. The number of anilines is 1. The minimum Gasteiger partial charge on any atom is -0.335 e. The first kappa shape index (κ1) is 21.8. The maximum Gasteiger partial charge on any atom is 0.264 e. The van der Waals surface area contributed by atoms with E-state index in [9.17, 15) is 14.4 Å². The van der Waals surface area contributed by atoms with E-state index < -0.39 is 0 Å². The van der Waals surface area contributed by atoms with Crippen LogP contribution in [0.3, 0.4) is 0 Å². The highest BCUT2D eigenvalue weighted by molar-refractivity contribution is 7.13. The van der Waals surface area contributed by atoms with E-state index in [0.29, 0.717) is 43.0 Å². The standard InChI is InChI=1S/C25H25N3O3S/c1-17-8-10-20(16-21(17)26-23(29)19-6-4-3-5-7-19)24(30)27-12-14-28(15-13-27)25(31)22-11-9-18(2)32-22/h3-11,16H,12-15H2,1-2H3,(H,26,29). The van der Waals surface area contributed by atoms with Gasteiger partial charge in [-0.2, -0.15) is 0 Å². The zero-order chi connectivity index (χ0) is 22.7. The second kappa shape index (κ2) is 9.36. The molecule has 0 radical (unpaired) electrons. The number of nitrogens with one attached hydrogen (secondary N) is 1. The highest BCUT2D eigenvalue weighted by Gasteiger charge is 2.26. The number of rotatable bonds is 4. The fourth-order valence-corrected chi connectivity index (χ4v) is 4.51. The molecule has 1 aromatic heterocycles. The molecule has 1 aliphatic rings. The zero-order valence-electron chi connectivity index (χ0n) is 18.1. The fourth-order valence-electron chi connectivity index (χ4n) is 3.67. The molecule has 1 fully saturated rings. The van der Waals surface area contributed by atoms with Crippen molar-refractivity contribution in [1.29, 1.82) is 0 Å². The van der Waals surface area contributed by atoms with Gasteiger partial charge in [-0.15, -0.1) is 11.3 Å². The molecule has 3 aromatic rings. The molecule has 0 unspecified atom stereocenters. The SMILES string of the molecule is Cc1ccc(C(=O)N2CCN(C(=O)c3ccc(C)c(NC(=O)c4ccccc4)c3)CC2)s1. The number of aryl methyl sites for hydroxylation is 2. The van der Waals surface area contributed by atoms with Crippen molar-refractivity contribution in [1.82, 2.24) is 9.80 Å². The van der Waals surface area contributed by atoms with Gasteiger partial charge in [0.25, 0.3) is 17.7 Å². The van der Waals surface area contributed by atoms with Crippen LogP contribution in [0.4, 0.5) is 5.69 Å². The Kier molecular flexibility index (Phi) is 6.37. The van der Waals surface area contributed by atoms with Gasteiger partial charge in [0.15, 0.2) is 0 Å². The van der Waals surface area contributed by atoms with E-state index in [4.69, 9.17) is 0 Å². The second-order valence-electron chi connectivity index (χ2n) is 7.84. The molecule has 2 aromatic carbocycles. The van der Waals surface area contributed by atoms with Crippen molar-refractivity contribution in [3.8, 4) is 0 Å². The van der Waals surface area contributed by atoms with Crippen LogP contribution in [-0.4, -0.2) is 53.7 Å². The predicted octanol–water partition coefficient (Wildman–Crippen LogP) is 4.22. The van der Waals surface area contributed by atoms with Crippen LogP contribution in [0.1, 0.15) is 40.8 Å². The Morgan fingerprint density at radius 3 is 2.06 bits per heavy atom. The quantitative estimate of drug-likeness (QED) is 0.651. The van der Waals surface area contributed by atoms with E-state index in [0.717, 1.165) is 15.3 Å². The Bertz CT molecular complexity index is 1150. The van der Waals surface area contributed by atoms with E-state index >= 15 is 0 Å². The molecule has 3 amide bonds. The summed E-state index contributed by atoms with van der Waals surface area (Å²) in [7, 11) is 0. The number of hydrogen-bond acceptors (Lipinski definition) is 4. The number of thiophene rings is 1. The third kappa shape index (κ3) is 4.73. The van der Waals surface area contributed by atoms with Gasteiger partial charge in [0.1, 0.15) is 0 Å². The molecule has 1 aliphatic heterocycles. The highest BCUT2D eigenvalue weighted by atomic mass is 32.1. The average molecular weight is 448 g/mol. The summed E-state index contributed by atoms with van der Waals surface area (Å²) in [6, 6.07) is 18.1. The fraction of sp³-hybridized carbons (Fsp3) is 0.240. The van der Waals surface area contributed by atoms with Gasteiger partial charge in [-0.25, -0.2) is 0 Å². The Morgan fingerprint density at radius 2 is 1.44 bits per heavy atom. The predicted molar refractivity (Wildman–Crippen MR) is 126 cm³/mol. The number of benzene rings is 2. The van der Waals surface area contributed by atoms with E-state index in [1.165, 1.54) is 11.3 Å². The summed E-state index contributed by atoms with van der Waals surface area (Å²) >= 11 is 1.49. The lowest BCUT2D eigenvalue weighted by Crippen LogP contribution is -2.50. The summed E-state index contributed by atoms with van der Waals surface area (Å²) in [5.74, 6) is -0.287. The molecular formula is C25H25N3O3S. The molecule has 4 rings (SSSR count). The minimum atomic E-state index is -0.214. The lowest BCUT2D eigenvalue weighted by atomic mass is 10.1. The first-order valence-corrected chi connectivity index (χ1v) is 11.4. The van der Waals surface area contributed by atoms with Crippen LogP contribution < -0.4 is 5.32 Å². The Balaban J connectivity index is 1.41. The van der Waals surface area contributed by atoms with Gasteiger partial charge in [-0.05, 0) is 55.8 Å². The van der Waals surface area contributed by atoms with Crippen LogP contribution in [0, 0.1) is 13.8 Å². The van der Waals surface area contributed by atoms with Gasteiger partial charge in [-0.3, -0.25) is 14.4 Å². The smallest absolute Gasteiger partial charge is 0.264 e. The molecule has 7 heteroatoms. The van der Waals surface area contributed by atoms with Crippen molar-refractivity contribution in [2.75, 3.05) is 31.5 Å². The minimum absolute atomic E-state index is 0.0245. The monoisotopic (exact) mass is 447 g/mol.